The number of carbonyl (C=O) groups excluding carboxylic acids is 1. The van der Waals surface area contributed by atoms with Crippen molar-refractivity contribution < 1.29 is 14.7 Å². The summed E-state index contributed by atoms with van der Waals surface area (Å²) in [5.74, 6) is -1.12. The Balaban J connectivity index is 0.000000166. The number of carbonyl (C=O) groups is 2. The van der Waals surface area contributed by atoms with Gasteiger partial charge in [-0.25, -0.2) is 19.6 Å². The van der Waals surface area contributed by atoms with Crippen molar-refractivity contribution in [3.63, 3.8) is 0 Å². The molecule has 0 amide bonds. The maximum atomic E-state index is 13.0. The van der Waals surface area contributed by atoms with E-state index in [9.17, 15) is 28.8 Å². The zero-order chi connectivity index (χ0) is 61.1. The zero-order valence-electron chi connectivity index (χ0n) is 48.8. The van der Waals surface area contributed by atoms with Crippen molar-refractivity contribution in [2.45, 2.75) is 70.1 Å². The van der Waals surface area contributed by atoms with Crippen LogP contribution in [0.25, 0.3) is 88.6 Å². The van der Waals surface area contributed by atoms with Crippen LogP contribution in [0.1, 0.15) is 67.3 Å². The number of piperidine rings is 2. The number of nitrogens with zero attached hydrogens (tertiary/aromatic N) is 6. The minimum absolute atomic E-state index is 0.00812. The number of carboxylic acid groups (broad SMARTS) is 1. The van der Waals surface area contributed by atoms with Gasteiger partial charge < -0.3 is 30.8 Å². The number of pyridine rings is 4. The molecule has 0 unspecified atom stereocenters. The number of nitrogens with one attached hydrogen (secondary N) is 4. The molecule has 2 saturated heterocycles. The lowest BCUT2D eigenvalue weighted by molar-refractivity contribution is -0.138. The molecule has 7 N–H and O–H groups in total. The number of carboxylic acids is 1. The molecule has 0 aliphatic carbocycles. The van der Waals surface area contributed by atoms with E-state index in [1.54, 1.807) is 12.4 Å². The molecule has 6 aromatic heterocycles. The molecule has 18 heteroatoms. The van der Waals surface area contributed by atoms with Crippen LogP contribution in [0.2, 0.25) is 0 Å². The maximum absolute atomic E-state index is 13.0. The largest absolute Gasteiger partial charge is 0.481 e. The highest BCUT2D eigenvalue weighted by atomic mass is 16.4. The van der Waals surface area contributed by atoms with Crippen LogP contribution in [0.3, 0.4) is 0 Å². The average Bonchev–Trinajstić information content (AvgIpc) is 2.13. The number of Topliss-reactive ketones (excluding diaryl/α,β-unsaturated/α-hetero) is 1. The number of aliphatic carboxylic acids is 1. The van der Waals surface area contributed by atoms with Gasteiger partial charge in [0, 0.05) is 105 Å². The fraction of sp³-hybridized carbons (Fsp3) is 0.211. The van der Waals surface area contributed by atoms with Gasteiger partial charge in [-0.1, -0.05) is 115 Å². The van der Waals surface area contributed by atoms with Gasteiger partial charge in [-0.3, -0.25) is 38.1 Å². The standard InChI is InChI=1S/C38H35N5O5.C33H30N6O2/c44-29(11-13-35(45)46)20-25-8-12-33-34(21-25)43(38(48)41-33)28-15-18-42(19-16-28)23-24-6-9-27(10-7-24)36-30(26-4-2-1-3-5-26)22-31-32(40-36)14-17-39-37(31)47;34-24-10-11-29-30(18-24)39(33(41)37-29)25-13-16-38(17-14-25)20-21-6-8-23(9-7-21)31-26(22-4-2-1-3-5-22)19-27-28(36-31)12-15-35-32(27)40/h1-10,12,14,17,21-22,28H,11,13,15-16,18-20,23H2,(H,39,47)(H,41,48)(H,45,46);1-12,15,18-19,25H,13-14,16-17,20,34H2,(H,35,40)(H,37,41). The predicted molar refractivity (Wildman–Crippen MR) is 349 cm³/mol. The quantitative estimate of drug-likeness (QED) is 0.0524. The van der Waals surface area contributed by atoms with Crippen molar-refractivity contribution in [1.29, 1.82) is 0 Å². The van der Waals surface area contributed by atoms with Gasteiger partial charge in [0.15, 0.2) is 0 Å². The van der Waals surface area contributed by atoms with Crippen molar-refractivity contribution in [3.8, 4) is 44.8 Å². The molecular formula is C71H65N11O7. The van der Waals surface area contributed by atoms with E-state index in [2.05, 4.69) is 78.3 Å². The summed E-state index contributed by atoms with van der Waals surface area (Å²) in [4.78, 5) is 100. The molecule has 18 nitrogen and oxygen atoms in total. The van der Waals surface area contributed by atoms with E-state index in [1.807, 2.05) is 130 Å². The second kappa shape index (κ2) is 25.0. The number of imidazole rings is 2. The second-order valence-corrected chi connectivity index (χ2v) is 23.2. The summed E-state index contributed by atoms with van der Waals surface area (Å²) in [6.45, 7) is 5.11. The van der Waals surface area contributed by atoms with Crippen LogP contribution in [-0.2, 0) is 29.1 Å². The Morgan fingerprint density at radius 1 is 0.494 bits per heavy atom. The van der Waals surface area contributed by atoms with Gasteiger partial charge in [0.1, 0.15) is 5.78 Å². The maximum Gasteiger partial charge on any atom is 0.326 e. The van der Waals surface area contributed by atoms with Crippen LogP contribution in [0.15, 0.2) is 201 Å². The SMILES string of the molecule is Nc1ccc2[nH]c(=O)n(C3CCN(Cc4ccc(-c5nc6cc[nH]c(=O)c6cc5-c5ccccc5)cc4)CC3)c2c1.O=C(O)CCC(=O)Cc1ccc2[nH]c(=O)n(C3CCN(Cc4ccc(-c5nc6cc[nH]c(=O)c6cc5-c5ccccc5)cc4)CC3)c2c1. The van der Waals surface area contributed by atoms with E-state index in [-0.39, 0.29) is 59.6 Å². The highest BCUT2D eigenvalue weighted by Gasteiger charge is 2.26. The minimum Gasteiger partial charge on any atom is -0.481 e. The molecule has 8 heterocycles. The molecule has 89 heavy (non-hydrogen) atoms. The van der Waals surface area contributed by atoms with Gasteiger partial charge in [0.05, 0.1) is 61.7 Å². The summed E-state index contributed by atoms with van der Waals surface area (Å²) in [5, 5.41) is 10.0. The van der Waals surface area contributed by atoms with Crippen LogP contribution in [0.5, 0.6) is 0 Å². The fourth-order valence-electron chi connectivity index (χ4n) is 12.8. The first-order chi connectivity index (χ1) is 43.3. The fourth-order valence-corrected chi connectivity index (χ4v) is 12.8. The van der Waals surface area contributed by atoms with E-state index < -0.39 is 5.97 Å². The number of fused-ring (bicyclic) bond motifs is 4. The lowest BCUT2D eigenvalue weighted by Gasteiger charge is -2.32. The lowest BCUT2D eigenvalue weighted by Crippen LogP contribution is -2.36. The van der Waals surface area contributed by atoms with Gasteiger partial charge in [-0.15, -0.1) is 0 Å². The van der Waals surface area contributed by atoms with Gasteiger partial charge >= 0.3 is 17.3 Å². The number of rotatable bonds is 15. The smallest absolute Gasteiger partial charge is 0.326 e. The molecule has 0 spiro atoms. The molecule has 0 bridgehead atoms. The van der Waals surface area contributed by atoms with Crippen molar-refractivity contribution >= 4 is 61.3 Å². The first-order valence-electron chi connectivity index (χ1n) is 30.1. The summed E-state index contributed by atoms with van der Waals surface area (Å²) >= 11 is 0. The van der Waals surface area contributed by atoms with Gasteiger partial charge in [-0.2, -0.15) is 0 Å². The number of aromatic amines is 4. The molecular weight excluding hydrogens is 1120 g/mol. The summed E-state index contributed by atoms with van der Waals surface area (Å²) in [6.07, 6.45) is 6.65. The number of ketones is 1. The number of likely N-dealkylation sites (tertiary alicyclic amines) is 2. The van der Waals surface area contributed by atoms with E-state index >= 15 is 0 Å². The number of nitrogen functional groups attached to an aromatic ring is 1. The van der Waals surface area contributed by atoms with E-state index in [0.29, 0.717) is 27.5 Å². The van der Waals surface area contributed by atoms with Crippen LogP contribution in [0.4, 0.5) is 5.69 Å². The Morgan fingerprint density at radius 3 is 1.39 bits per heavy atom. The molecule has 14 rings (SSSR count). The Kier molecular flexibility index (Phi) is 16.2. The third kappa shape index (κ3) is 12.4. The van der Waals surface area contributed by atoms with Crippen LogP contribution < -0.4 is 28.2 Å². The van der Waals surface area contributed by atoms with Crippen molar-refractivity contribution in [2.24, 2.45) is 0 Å². The minimum atomic E-state index is -0.989. The van der Waals surface area contributed by atoms with Crippen LogP contribution in [-0.4, -0.2) is 91.9 Å². The van der Waals surface area contributed by atoms with E-state index in [1.165, 1.54) is 11.1 Å². The van der Waals surface area contributed by atoms with Gasteiger partial charge in [-0.05, 0) is 108 Å². The third-order valence-electron chi connectivity index (χ3n) is 17.3. The molecule has 2 fully saturated rings. The summed E-state index contributed by atoms with van der Waals surface area (Å²) < 4.78 is 3.70. The van der Waals surface area contributed by atoms with Crippen molar-refractivity contribution in [1.82, 2.24) is 48.8 Å². The van der Waals surface area contributed by atoms with Crippen LogP contribution >= 0.6 is 0 Å². The molecule has 446 valence electrons. The zero-order valence-corrected chi connectivity index (χ0v) is 48.8. The summed E-state index contributed by atoms with van der Waals surface area (Å²) in [6, 6.07) is 55.8. The first-order valence-corrected chi connectivity index (χ1v) is 30.1. The first kappa shape index (κ1) is 57.5. The highest BCUT2D eigenvalue weighted by molar-refractivity contribution is 5.93. The number of aromatic nitrogens is 8. The summed E-state index contributed by atoms with van der Waals surface area (Å²) in [7, 11) is 0. The number of hydrogen-bond acceptors (Lipinski definition) is 11. The second-order valence-electron chi connectivity index (χ2n) is 23.2. The topological polar surface area (TPSA) is 254 Å². The number of hydrogen-bond donors (Lipinski definition) is 6. The number of nitrogens with two attached hydrogens (primary N) is 1. The number of H-pyrrole nitrogens is 4. The monoisotopic (exact) mass is 1180 g/mol. The average molecular weight is 1180 g/mol. The highest BCUT2D eigenvalue weighted by Crippen LogP contribution is 2.36. The van der Waals surface area contributed by atoms with Crippen molar-refractivity contribution in [3.05, 3.63) is 241 Å². The van der Waals surface area contributed by atoms with Crippen LogP contribution in [0, 0.1) is 0 Å². The van der Waals surface area contributed by atoms with E-state index in [0.717, 1.165) is 137 Å². The molecule has 2 aliphatic rings. The van der Waals surface area contributed by atoms with Crippen molar-refractivity contribution in [2.75, 3.05) is 31.9 Å². The Morgan fingerprint density at radius 2 is 0.933 bits per heavy atom. The number of benzene rings is 6. The number of anilines is 1. The molecule has 6 aromatic carbocycles. The van der Waals surface area contributed by atoms with Gasteiger partial charge in [0.25, 0.3) is 11.1 Å². The molecule has 0 radical (unpaired) electrons. The Labute approximate surface area is 510 Å². The normalized spacial score (nSPS) is 14.3. The molecule has 0 saturated carbocycles. The summed E-state index contributed by atoms with van der Waals surface area (Å²) in [5.41, 5.74) is 21.3. The Bertz CT molecular complexity index is 4840. The molecule has 12 aromatic rings. The van der Waals surface area contributed by atoms with Gasteiger partial charge in [0.2, 0.25) is 0 Å². The predicted octanol–water partition coefficient (Wildman–Crippen LogP) is 11.0. The molecule has 0 atom stereocenters. The van der Waals surface area contributed by atoms with E-state index in [4.69, 9.17) is 20.8 Å². The third-order valence-corrected chi connectivity index (χ3v) is 17.3. The molecule has 2 aliphatic heterocycles. The Hall–Kier alpha value is -10.6. The lowest BCUT2D eigenvalue weighted by atomic mass is 9.97.